The lowest BCUT2D eigenvalue weighted by Crippen LogP contribution is -2.46. The second kappa shape index (κ2) is 7.37. The summed E-state index contributed by atoms with van der Waals surface area (Å²) in [6, 6.07) is 10.7. The van der Waals surface area contributed by atoms with Crippen LogP contribution in [-0.4, -0.2) is 40.8 Å². The molecule has 1 aromatic heterocycles. The molecule has 1 aliphatic rings. The molecule has 0 amide bonds. The number of aryl methyl sites for hydroxylation is 1. The van der Waals surface area contributed by atoms with Crippen molar-refractivity contribution < 1.29 is 4.65 Å². The fourth-order valence-corrected chi connectivity index (χ4v) is 3.43. The van der Waals surface area contributed by atoms with Crippen LogP contribution in [0.4, 0.5) is 17.3 Å². The molecular formula is C19H27N5O. The molecule has 0 saturated heterocycles. The van der Waals surface area contributed by atoms with E-state index < -0.39 is 0 Å². The first kappa shape index (κ1) is 17.6. The zero-order valence-corrected chi connectivity index (χ0v) is 15.2. The monoisotopic (exact) mass is 341 g/mol. The number of hydrogen-bond donors (Lipinski definition) is 2. The van der Waals surface area contributed by atoms with Gasteiger partial charge < -0.3 is 20.5 Å². The van der Waals surface area contributed by atoms with Crippen LogP contribution in [0.15, 0.2) is 36.7 Å². The predicted octanol–water partition coefficient (Wildman–Crippen LogP) is 3.83. The number of nitrogens with zero attached hydrogens (tertiary/aromatic N) is 3. The fourth-order valence-electron chi connectivity index (χ4n) is 3.43. The lowest BCUT2D eigenvalue weighted by Gasteiger charge is -2.45. The zero-order chi connectivity index (χ0) is 17.9. The molecule has 0 unspecified atom stereocenters. The van der Waals surface area contributed by atoms with Gasteiger partial charge in [0.1, 0.15) is 18.0 Å². The Bertz CT molecular complexity index is 705. The normalized spacial score (nSPS) is 21.0. The highest BCUT2D eigenvalue weighted by Crippen LogP contribution is 2.27. The van der Waals surface area contributed by atoms with Gasteiger partial charge in [-0.2, -0.15) is 0 Å². The van der Waals surface area contributed by atoms with E-state index in [9.17, 15) is 5.21 Å². The third kappa shape index (κ3) is 4.90. The van der Waals surface area contributed by atoms with E-state index in [4.69, 9.17) is 0 Å². The van der Waals surface area contributed by atoms with Crippen LogP contribution < -0.4 is 10.6 Å². The van der Waals surface area contributed by atoms with Crippen LogP contribution in [0.5, 0.6) is 0 Å². The maximum atomic E-state index is 12.1. The fraction of sp³-hybridized carbons (Fsp3) is 0.474. The SMILES string of the molecule is Cc1cccc(Nc2cc(N[C@H]3CC[C@H]([N+](C)(C)[O-])CC3)ncn2)c1. The van der Waals surface area contributed by atoms with Crippen LogP contribution in [0.25, 0.3) is 0 Å². The van der Waals surface area contributed by atoms with Crippen molar-refractivity contribution in [3.8, 4) is 0 Å². The van der Waals surface area contributed by atoms with E-state index >= 15 is 0 Å². The molecule has 1 aliphatic carbocycles. The van der Waals surface area contributed by atoms with Crippen molar-refractivity contribution in [2.24, 2.45) is 0 Å². The van der Waals surface area contributed by atoms with Crippen molar-refractivity contribution in [2.45, 2.75) is 44.7 Å². The lowest BCUT2D eigenvalue weighted by atomic mass is 9.90. The number of anilines is 3. The average Bonchev–Trinajstić information content (AvgIpc) is 2.55. The van der Waals surface area contributed by atoms with Crippen molar-refractivity contribution in [3.63, 3.8) is 0 Å². The molecule has 1 fully saturated rings. The summed E-state index contributed by atoms with van der Waals surface area (Å²) in [7, 11) is 3.48. The molecule has 0 atom stereocenters. The Hall–Kier alpha value is -2.18. The van der Waals surface area contributed by atoms with Gasteiger partial charge in [-0.15, -0.1) is 0 Å². The standard InChI is InChI=1S/C19H27N5O/c1-14-5-4-6-16(11-14)23-19-12-18(20-13-21-19)22-15-7-9-17(10-8-15)24(2,3)25/h4-6,11-13,15,17H,7-10H2,1-3H3,(H2,20,21,22,23)/t15-,17-. The molecule has 1 aromatic carbocycles. The Balaban J connectivity index is 1.59. The highest BCUT2D eigenvalue weighted by atomic mass is 16.5. The van der Waals surface area contributed by atoms with Gasteiger partial charge in [0.05, 0.1) is 20.1 Å². The Morgan fingerprint density at radius 2 is 1.76 bits per heavy atom. The predicted molar refractivity (Wildman–Crippen MR) is 102 cm³/mol. The van der Waals surface area contributed by atoms with Crippen LogP contribution in [0.1, 0.15) is 31.2 Å². The van der Waals surface area contributed by atoms with Crippen molar-refractivity contribution in [1.82, 2.24) is 9.97 Å². The average molecular weight is 341 g/mol. The Morgan fingerprint density at radius 1 is 1.04 bits per heavy atom. The Kier molecular flexibility index (Phi) is 5.20. The van der Waals surface area contributed by atoms with Gasteiger partial charge in [-0.25, -0.2) is 9.97 Å². The second-order valence-electron chi connectivity index (χ2n) is 7.37. The van der Waals surface area contributed by atoms with Crippen LogP contribution in [0.3, 0.4) is 0 Å². The molecule has 25 heavy (non-hydrogen) atoms. The quantitative estimate of drug-likeness (QED) is 0.639. The van der Waals surface area contributed by atoms with Crippen LogP contribution >= 0.6 is 0 Å². The highest BCUT2D eigenvalue weighted by Gasteiger charge is 2.28. The zero-order valence-electron chi connectivity index (χ0n) is 15.2. The molecule has 6 nitrogen and oxygen atoms in total. The summed E-state index contributed by atoms with van der Waals surface area (Å²) in [5.74, 6) is 1.60. The Labute approximate surface area is 149 Å². The highest BCUT2D eigenvalue weighted by molar-refractivity contribution is 5.59. The van der Waals surface area contributed by atoms with E-state index in [1.54, 1.807) is 20.4 Å². The smallest absolute Gasteiger partial charge is 0.135 e. The summed E-state index contributed by atoms with van der Waals surface area (Å²) in [6.45, 7) is 2.07. The van der Waals surface area contributed by atoms with Gasteiger partial charge in [-0.3, -0.25) is 0 Å². The number of nitrogens with one attached hydrogen (secondary N) is 2. The summed E-state index contributed by atoms with van der Waals surface area (Å²) < 4.78 is -0.190. The minimum Gasteiger partial charge on any atom is -0.633 e. The molecule has 3 rings (SSSR count). The molecular weight excluding hydrogens is 314 g/mol. The first-order valence-electron chi connectivity index (χ1n) is 8.87. The molecule has 2 aromatic rings. The van der Waals surface area contributed by atoms with Crippen LogP contribution in [0, 0.1) is 12.1 Å². The summed E-state index contributed by atoms with van der Waals surface area (Å²) in [6.07, 6.45) is 5.48. The first-order valence-corrected chi connectivity index (χ1v) is 8.87. The third-order valence-electron chi connectivity index (χ3n) is 4.89. The van der Waals surface area contributed by atoms with Crippen molar-refractivity contribution in [2.75, 3.05) is 24.7 Å². The summed E-state index contributed by atoms with van der Waals surface area (Å²) in [5.41, 5.74) is 2.22. The summed E-state index contributed by atoms with van der Waals surface area (Å²) >= 11 is 0. The molecule has 1 saturated carbocycles. The number of benzene rings is 1. The number of hydrogen-bond acceptors (Lipinski definition) is 5. The number of rotatable bonds is 5. The third-order valence-corrected chi connectivity index (χ3v) is 4.89. The van der Waals surface area contributed by atoms with Gasteiger partial charge in [-0.1, -0.05) is 12.1 Å². The van der Waals surface area contributed by atoms with Gasteiger partial charge in [0, 0.05) is 30.6 Å². The van der Waals surface area contributed by atoms with Crippen LogP contribution in [-0.2, 0) is 0 Å². The summed E-state index contributed by atoms with van der Waals surface area (Å²) in [5, 5.41) is 18.9. The van der Waals surface area contributed by atoms with E-state index in [1.807, 2.05) is 18.2 Å². The number of aromatic nitrogens is 2. The van der Waals surface area contributed by atoms with Crippen molar-refractivity contribution in [3.05, 3.63) is 47.4 Å². The minimum atomic E-state index is -0.190. The van der Waals surface area contributed by atoms with E-state index in [2.05, 4.69) is 39.7 Å². The molecule has 134 valence electrons. The molecule has 0 aliphatic heterocycles. The number of hydroxylamine groups is 3. The Morgan fingerprint density at radius 3 is 2.44 bits per heavy atom. The number of quaternary nitrogens is 1. The topological polar surface area (TPSA) is 72.9 Å². The van der Waals surface area contributed by atoms with Gasteiger partial charge in [0.25, 0.3) is 0 Å². The van der Waals surface area contributed by atoms with Gasteiger partial charge in [0.15, 0.2) is 0 Å². The van der Waals surface area contributed by atoms with E-state index in [1.165, 1.54) is 5.56 Å². The maximum Gasteiger partial charge on any atom is 0.135 e. The van der Waals surface area contributed by atoms with Gasteiger partial charge >= 0.3 is 0 Å². The second-order valence-corrected chi connectivity index (χ2v) is 7.37. The molecule has 0 bridgehead atoms. The first-order chi connectivity index (χ1) is 11.9. The molecule has 0 radical (unpaired) electrons. The largest absolute Gasteiger partial charge is 0.633 e. The molecule has 1 heterocycles. The van der Waals surface area contributed by atoms with E-state index in [-0.39, 0.29) is 10.7 Å². The molecule has 0 spiro atoms. The summed E-state index contributed by atoms with van der Waals surface area (Å²) in [4.78, 5) is 8.63. The molecule has 2 N–H and O–H groups in total. The van der Waals surface area contributed by atoms with E-state index in [0.717, 1.165) is 43.0 Å². The van der Waals surface area contributed by atoms with Crippen molar-refractivity contribution >= 4 is 17.3 Å². The van der Waals surface area contributed by atoms with Crippen LogP contribution in [0.2, 0.25) is 0 Å². The van der Waals surface area contributed by atoms with Gasteiger partial charge in [0.2, 0.25) is 0 Å². The van der Waals surface area contributed by atoms with Gasteiger partial charge in [-0.05, 0) is 37.5 Å². The maximum absolute atomic E-state index is 12.1. The lowest BCUT2D eigenvalue weighted by molar-refractivity contribution is -0.868. The van der Waals surface area contributed by atoms with E-state index in [0.29, 0.717) is 6.04 Å². The minimum absolute atomic E-state index is 0.190. The van der Waals surface area contributed by atoms with Crippen molar-refractivity contribution in [1.29, 1.82) is 0 Å². The molecule has 6 heteroatoms.